The molecule has 14 heavy (non-hydrogen) atoms. The van der Waals surface area contributed by atoms with Gasteiger partial charge in [-0.3, -0.25) is 0 Å². The van der Waals surface area contributed by atoms with Crippen LogP contribution in [0.4, 0.5) is 0 Å². The molecule has 1 unspecified atom stereocenters. The molecule has 0 amide bonds. The lowest BCUT2D eigenvalue weighted by molar-refractivity contribution is 0.0565. The number of halogens is 2. The van der Waals surface area contributed by atoms with Gasteiger partial charge in [0.25, 0.3) is 0 Å². The summed E-state index contributed by atoms with van der Waals surface area (Å²) in [6.07, 6.45) is 1.16. The van der Waals surface area contributed by atoms with Gasteiger partial charge in [-0.25, -0.2) is 0 Å². The molecule has 0 spiro atoms. The Labute approximate surface area is 94.7 Å². The first-order chi connectivity index (χ1) is 6.46. The average Bonchev–Trinajstić information content (AvgIpc) is 2.12. The summed E-state index contributed by atoms with van der Waals surface area (Å²) >= 11 is 12.0. The summed E-state index contributed by atoms with van der Waals surface area (Å²) in [6.45, 7) is 3.72. The zero-order valence-electron chi connectivity index (χ0n) is 8.35. The van der Waals surface area contributed by atoms with Gasteiger partial charge in [0.2, 0.25) is 0 Å². The molecule has 0 aromatic heterocycles. The van der Waals surface area contributed by atoms with Crippen LogP contribution in [0.2, 0.25) is 10.0 Å². The molecular weight excluding hydrogens is 219 g/mol. The van der Waals surface area contributed by atoms with Gasteiger partial charge in [-0.15, -0.1) is 0 Å². The lowest BCUT2D eigenvalue weighted by Gasteiger charge is -2.22. The lowest BCUT2D eigenvalue weighted by atomic mass is 9.94. The van der Waals surface area contributed by atoms with Gasteiger partial charge in [0.05, 0.1) is 5.60 Å². The molecule has 3 heteroatoms. The third kappa shape index (κ3) is 2.88. The van der Waals surface area contributed by atoms with E-state index in [1.807, 2.05) is 6.92 Å². The first-order valence-electron chi connectivity index (χ1n) is 4.61. The molecule has 0 heterocycles. The third-order valence-corrected chi connectivity index (χ3v) is 3.09. The van der Waals surface area contributed by atoms with Crippen molar-refractivity contribution >= 4 is 23.2 Å². The normalized spacial score (nSPS) is 15.2. The smallest absolute Gasteiger partial charge is 0.0658 e. The summed E-state index contributed by atoms with van der Waals surface area (Å²) in [5, 5.41) is 11.1. The van der Waals surface area contributed by atoms with Crippen LogP contribution >= 0.6 is 23.2 Å². The fourth-order valence-corrected chi connectivity index (χ4v) is 1.74. The molecule has 0 saturated heterocycles. The summed E-state index contributed by atoms with van der Waals surface area (Å²) in [7, 11) is 0. The monoisotopic (exact) mass is 232 g/mol. The van der Waals surface area contributed by atoms with Crippen molar-refractivity contribution in [2.75, 3.05) is 0 Å². The average molecular weight is 233 g/mol. The Morgan fingerprint density at radius 3 is 2.21 bits per heavy atom. The van der Waals surface area contributed by atoms with E-state index in [1.165, 1.54) is 0 Å². The Morgan fingerprint density at radius 1 is 1.29 bits per heavy atom. The maximum atomic E-state index is 9.91. The van der Waals surface area contributed by atoms with E-state index < -0.39 is 5.60 Å². The van der Waals surface area contributed by atoms with Crippen molar-refractivity contribution in [1.82, 2.24) is 0 Å². The number of benzene rings is 1. The minimum Gasteiger partial charge on any atom is -0.390 e. The molecule has 0 bridgehead atoms. The highest BCUT2D eigenvalue weighted by atomic mass is 35.5. The van der Waals surface area contributed by atoms with Gasteiger partial charge in [0.1, 0.15) is 0 Å². The maximum Gasteiger partial charge on any atom is 0.0658 e. The Kier molecular flexibility index (Phi) is 3.82. The van der Waals surface area contributed by atoms with Crippen LogP contribution in [0.5, 0.6) is 0 Å². The Balaban J connectivity index is 2.97. The van der Waals surface area contributed by atoms with E-state index in [9.17, 15) is 5.11 Å². The van der Waals surface area contributed by atoms with Gasteiger partial charge in [-0.1, -0.05) is 36.2 Å². The molecule has 1 aromatic rings. The molecule has 1 N–H and O–H groups in total. The highest BCUT2D eigenvalue weighted by Gasteiger charge is 2.21. The fourth-order valence-electron chi connectivity index (χ4n) is 1.21. The van der Waals surface area contributed by atoms with Gasteiger partial charge < -0.3 is 5.11 Å². The van der Waals surface area contributed by atoms with Crippen molar-refractivity contribution in [3.05, 3.63) is 33.8 Å². The second kappa shape index (κ2) is 4.52. The summed E-state index contributed by atoms with van der Waals surface area (Å²) in [4.78, 5) is 0. The molecule has 1 aromatic carbocycles. The molecule has 0 aliphatic carbocycles. The van der Waals surface area contributed by atoms with Crippen LogP contribution in [0.1, 0.15) is 25.8 Å². The molecule has 0 aliphatic rings. The van der Waals surface area contributed by atoms with Crippen molar-refractivity contribution < 1.29 is 5.11 Å². The third-order valence-electron chi connectivity index (χ3n) is 2.38. The summed E-state index contributed by atoms with van der Waals surface area (Å²) in [5.74, 6) is 0. The quantitative estimate of drug-likeness (QED) is 0.843. The molecule has 0 aliphatic heterocycles. The van der Waals surface area contributed by atoms with E-state index in [2.05, 4.69) is 0 Å². The number of rotatable bonds is 3. The van der Waals surface area contributed by atoms with Gasteiger partial charge in [-0.2, -0.15) is 0 Å². The summed E-state index contributed by atoms with van der Waals surface area (Å²) in [6, 6.07) is 5.37. The zero-order chi connectivity index (χ0) is 10.8. The van der Waals surface area contributed by atoms with E-state index in [1.54, 1.807) is 25.1 Å². The van der Waals surface area contributed by atoms with Gasteiger partial charge in [-0.05, 0) is 31.0 Å². The molecule has 0 saturated carbocycles. The van der Waals surface area contributed by atoms with Crippen molar-refractivity contribution in [2.24, 2.45) is 0 Å². The summed E-state index contributed by atoms with van der Waals surface area (Å²) in [5.41, 5.74) is 0.0805. The van der Waals surface area contributed by atoms with Crippen molar-refractivity contribution in [3.8, 4) is 0 Å². The second-order valence-corrected chi connectivity index (χ2v) is 4.54. The van der Waals surface area contributed by atoms with Gasteiger partial charge >= 0.3 is 0 Å². The topological polar surface area (TPSA) is 20.2 Å². The van der Waals surface area contributed by atoms with Gasteiger partial charge in [0, 0.05) is 16.5 Å². The van der Waals surface area contributed by atoms with Crippen molar-refractivity contribution in [1.29, 1.82) is 0 Å². The number of hydrogen-bond acceptors (Lipinski definition) is 1. The van der Waals surface area contributed by atoms with Crippen LogP contribution in [0.3, 0.4) is 0 Å². The predicted octanol–water partition coefficient (Wildman–Crippen LogP) is 3.70. The van der Waals surface area contributed by atoms with Crippen LogP contribution in [-0.2, 0) is 6.42 Å². The van der Waals surface area contributed by atoms with Crippen LogP contribution in [0.25, 0.3) is 0 Å². The Hall–Kier alpha value is -0.240. The van der Waals surface area contributed by atoms with Crippen LogP contribution in [0, 0.1) is 0 Å². The molecule has 1 nitrogen and oxygen atoms in total. The molecule has 1 atom stereocenters. The molecule has 0 fully saturated rings. The Bertz CT molecular complexity index is 301. The number of aliphatic hydroxyl groups is 1. The highest BCUT2D eigenvalue weighted by molar-refractivity contribution is 6.36. The van der Waals surface area contributed by atoms with E-state index >= 15 is 0 Å². The number of hydrogen-bond donors (Lipinski definition) is 1. The molecule has 1 rings (SSSR count). The fraction of sp³-hybridized carbons (Fsp3) is 0.455. The van der Waals surface area contributed by atoms with E-state index in [4.69, 9.17) is 23.2 Å². The van der Waals surface area contributed by atoms with Crippen molar-refractivity contribution in [2.45, 2.75) is 32.3 Å². The largest absolute Gasteiger partial charge is 0.390 e. The van der Waals surface area contributed by atoms with E-state index in [-0.39, 0.29) is 0 Å². The highest BCUT2D eigenvalue weighted by Crippen LogP contribution is 2.28. The maximum absolute atomic E-state index is 9.91. The standard InChI is InChI=1S/C11H14Cl2O/c1-3-11(2,14)7-8-9(12)5-4-6-10(8)13/h4-6,14H,3,7H2,1-2H3. The van der Waals surface area contributed by atoms with Crippen molar-refractivity contribution in [3.63, 3.8) is 0 Å². The summed E-state index contributed by atoms with van der Waals surface area (Å²) < 4.78 is 0. The predicted molar refractivity (Wildman–Crippen MR) is 61.1 cm³/mol. The second-order valence-electron chi connectivity index (χ2n) is 3.73. The van der Waals surface area contributed by atoms with Crippen LogP contribution < -0.4 is 0 Å². The van der Waals surface area contributed by atoms with Crippen LogP contribution in [0.15, 0.2) is 18.2 Å². The Morgan fingerprint density at radius 2 is 1.79 bits per heavy atom. The van der Waals surface area contributed by atoms with E-state index in [0.29, 0.717) is 22.9 Å². The minimum absolute atomic E-state index is 0.488. The lowest BCUT2D eigenvalue weighted by Crippen LogP contribution is -2.26. The van der Waals surface area contributed by atoms with Gasteiger partial charge in [0.15, 0.2) is 0 Å². The molecule has 78 valence electrons. The minimum atomic E-state index is -0.741. The molecular formula is C11H14Cl2O. The SMILES string of the molecule is CCC(C)(O)Cc1c(Cl)cccc1Cl. The molecule has 0 radical (unpaired) electrons. The first kappa shape index (κ1) is 11.8. The van der Waals surface area contributed by atoms with E-state index in [0.717, 1.165) is 5.56 Å². The van der Waals surface area contributed by atoms with Crippen LogP contribution in [-0.4, -0.2) is 10.7 Å². The zero-order valence-corrected chi connectivity index (χ0v) is 9.86. The first-order valence-corrected chi connectivity index (χ1v) is 5.37.